The minimum absolute atomic E-state index is 0.100. The van der Waals surface area contributed by atoms with Gasteiger partial charge in [0.25, 0.3) is 0 Å². The second-order valence-electron chi connectivity index (χ2n) is 7.73. The molecule has 1 aromatic carbocycles. The predicted molar refractivity (Wildman–Crippen MR) is 108 cm³/mol. The van der Waals surface area contributed by atoms with Crippen LogP contribution in [0.4, 0.5) is 10.5 Å². The molecule has 0 unspecified atom stereocenters. The summed E-state index contributed by atoms with van der Waals surface area (Å²) in [6.45, 7) is 12.1. The fourth-order valence-corrected chi connectivity index (χ4v) is 3.88. The number of rotatable bonds is 5. The van der Waals surface area contributed by atoms with Crippen LogP contribution in [0.5, 0.6) is 0 Å². The van der Waals surface area contributed by atoms with Crippen LogP contribution in [-0.2, 0) is 0 Å². The van der Waals surface area contributed by atoms with Gasteiger partial charge in [0.1, 0.15) is 0 Å². The first kappa shape index (κ1) is 19.0. The smallest absolute Gasteiger partial charge is 0.317 e. The number of carbonyl (C=O) groups excluding carboxylic acids is 1. The lowest BCUT2D eigenvalue weighted by Crippen LogP contribution is -2.52. The summed E-state index contributed by atoms with van der Waals surface area (Å²) < 4.78 is 0. The summed E-state index contributed by atoms with van der Waals surface area (Å²) in [4.78, 5) is 19.2. The van der Waals surface area contributed by atoms with Crippen LogP contribution in [0.2, 0.25) is 0 Å². The standard InChI is InChI=1S/C21H34N4O/c1-18-7-8-20(17-19(18)2)24-13-15-25(16-14-24)21(26)22-9-6-12-23-10-4-3-5-11-23/h7-8,17H,3-6,9-16H2,1-2H3,(H,22,26). The Kier molecular flexibility index (Phi) is 6.78. The second-order valence-corrected chi connectivity index (χ2v) is 7.73. The van der Waals surface area contributed by atoms with Gasteiger partial charge in [0.15, 0.2) is 0 Å². The molecule has 2 aliphatic heterocycles. The van der Waals surface area contributed by atoms with E-state index in [1.807, 2.05) is 4.90 Å². The number of carbonyl (C=O) groups is 1. The molecular weight excluding hydrogens is 324 g/mol. The van der Waals surface area contributed by atoms with E-state index < -0.39 is 0 Å². The SMILES string of the molecule is Cc1ccc(N2CCN(C(=O)NCCCN3CCCCC3)CC2)cc1C. The third-order valence-corrected chi connectivity index (χ3v) is 5.80. The van der Waals surface area contributed by atoms with Crippen LogP contribution in [0.25, 0.3) is 0 Å². The van der Waals surface area contributed by atoms with E-state index in [0.717, 1.165) is 45.7 Å². The predicted octanol–water partition coefficient (Wildman–Crippen LogP) is 3.01. The van der Waals surface area contributed by atoms with Gasteiger partial charge in [-0.2, -0.15) is 0 Å². The summed E-state index contributed by atoms with van der Waals surface area (Å²) in [5.41, 5.74) is 3.93. The zero-order valence-electron chi connectivity index (χ0n) is 16.5. The minimum Gasteiger partial charge on any atom is -0.368 e. The molecule has 2 amide bonds. The molecule has 0 aromatic heterocycles. The van der Waals surface area contributed by atoms with Gasteiger partial charge in [-0.1, -0.05) is 12.5 Å². The average Bonchev–Trinajstić information content (AvgIpc) is 2.68. The molecule has 0 atom stereocenters. The molecule has 5 nitrogen and oxygen atoms in total. The van der Waals surface area contributed by atoms with Crippen LogP contribution in [-0.4, -0.2) is 68.2 Å². The van der Waals surface area contributed by atoms with Crippen LogP contribution in [0, 0.1) is 13.8 Å². The average molecular weight is 359 g/mol. The van der Waals surface area contributed by atoms with Gasteiger partial charge in [-0.15, -0.1) is 0 Å². The maximum absolute atomic E-state index is 12.4. The molecule has 0 radical (unpaired) electrons. The van der Waals surface area contributed by atoms with Crippen molar-refractivity contribution in [3.8, 4) is 0 Å². The highest BCUT2D eigenvalue weighted by atomic mass is 16.2. The number of urea groups is 1. The summed E-state index contributed by atoms with van der Waals surface area (Å²) in [6.07, 6.45) is 5.09. The van der Waals surface area contributed by atoms with E-state index in [9.17, 15) is 4.79 Å². The molecule has 144 valence electrons. The van der Waals surface area contributed by atoms with Gasteiger partial charge in [-0.3, -0.25) is 0 Å². The molecule has 2 heterocycles. The van der Waals surface area contributed by atoms with E-state index in [2.05, 4.69) is 47.2 Å². The van der Waals surface area contributed by atoms with Crippen molar-refractivity contribution in [2.75, 3.05) is 57.3 Å². The quantitative estimate of drug-likeness (QED) is 0.823. The summed E-state index contributed by atoms with van der Waals surface area (Å²) in [7, 11) is 0. The monoisotopic (exact) mass is 358 g/mol. The fourth-order valence-electron chi connectivity index (χ4n) is 3.88. The largest absolute Gasteiger partial charge is 0.368 e. The first-order valence-electron chi connectivity index (χ1n) is 10.2. The van der Waals surface area contributed by atoms with Crippen molar-refractivity contribution < 1.29 is 4.79 Å². The summed E-state index contributed by atoms with van der Waals surface area (Å²) in [5, 5.41) is 3.10. The zero-order chi connectivity index (χ0) is 18.4. The number of hydrogen-bond donors (Lipinski definition) is 1. The molecule has 2 saturated heterocycles. The van der Waals surface area contributed by atoms with Crippen LogP contribution in [0.3, 0.4) is 0 Å². The lowest BCUT2D eigenvalue weighted by molar-refractivity contribution is 0.191. The van der Waals surface area contributed by atoms with Gasteiger partial charge in [0.05, 0.1) is 0 Å². The Morgan fingerprint density at radius 1 is 0.962 bits per heavy atom. The Bertz CT molecular complexity index is 590. The number of benzene rings is 1. The molecule has 3 rings (SSSR count). The van der Waals surface area contributed by atoms with Crippen LogP contribution in [0.1, 0.15) is 36.8 Å². The highest BCUT2D eigenvalue weighted by Crippen LogP contribution is 2.20. The molecule has 5 heteroatoms. The number of piperidine rings is 1. The van der Waals surface area contributed by atoms with Gasteiger partial charge in [-0.25, -0.2) is 4.79 Å². The van der Waals surface area contributed by atoms with E-state index in [1.54, 1.807) is 0 Å². The minimum atomic E-state index is 0.100. The molecular formula is C21H34N4O. The van der Waals surface area contributed by atoms with E-state index in [0.29, 0.717) is 0 Å². The lowest BCUT2D eigenvalue weighted by atomic mass is 10.1. The molecule has 1 aromatic rings. The van der Waals surface area contributed by atoms with Gasteiger partial charge >= 0.3 is 6.03 Å². The van der Waals surface area contributed by atoms with E-state index >= 15 is 0 Å². The number of anilines is 1. The summed E-state index contributed by atoms with van der Waals surface area (Å²) in [5.74, 6) is 0. The molecule has 0 aliphatic carbocycles. The van der Waals surface area contributed by atoms with Crippen molar-refractivity contribution >= 4 is 11.7 Å². The summed E-state index contributed by atoms with van der Waals surface area (Å²) >= 11 is 0. The van der Waals surface area contributed by atoms with Gasteiger partial charge in [0.2, 0.25) is 0 Å². The maximum atomic E-state index is 12.4. The number of nitrogens with zero attached hydrogens (tertiary/aromatic N) is 3. The van der Waals surface area contributed by atoms with Crippen LogP contribution >= 0.6 is 0 Å². The molecule has 0 saturated carbocycles. The molecule has 2 aliphatic rings. The maximum Gasteiger partial charge on any atom is 0.317 e. The number of amides is 2. The Labute approximate surface area is 158 Å². The van der Waals surface area contributed by atoms with Crippen LogP contribution in [0.15, 0.2) is 18.2 Å². The van der Waals surface area contributed by atoms with Crippen molar-refractivity contribution in [2.45, 2.75) is 39.5 Å². The first-order chi connectivity index (χ1) is 12.6. The van der Waals surface area contributed by atoms with Crippen molar-refractivity contribution in [3.05, 3.63) is 29.3 Å². The normalized spacial score (nSPS) is 18.8. The lowest BCUT2D eigenvalue weighted by Gasteiger charge is -2.36. The van der Waals surface area contributed by atoms with Gasteiger partial charge in [0, 0.05) is 38.4 Å². The van der Waals surface area contributed by atoms with E-state index in [-0.39, 0.29) is 6.03 Å². The van der Waals surface area contributed by atoms with Gasteiger partial charge in [-0.05, 0) is 76.0 Å². The van der Waals surface area contributed by atoms with Crippen molar-refractivity contribution in [1.82, 2.24) is 15.1 Å². The van der Waals surface area contributed by atoms with Gasteiger partial charge < -0.3 is 20.0 Å². The van der Waals surface area contributed by atoms with Crippen molar-refractivity contribution in [3.63, 3.8) is 0 Å². The first-order valence-corrected chi connectivity index (χ1v) is 10.2. The number of likely N-dealkylation sites (tertiary alicyclic amines) is 1. The number of nitrogens with one attached hydrogen (secondary N) is 1. The molecule has 0 spiro atoms. The Morgan fingerprint density at radius 3 is 2.38 bits per heavy atom. The number of hydrogen-bond acceptors (Lipinski definition) is 3. The third-order valence-electron chi connectivity index (χ3n) is 5.80. The van der Waals surface area contributed by atoms with Crippen LogP contribution < -0.4 is 10.2 Å². The highest BCUT2D eigenvalue weighted by molar-refractivity contribution is 5.74. The van der Waals surface area contributed by atoms with Crippen molar-refractivity contribution in [2.24, 2.45) is 0 Å². The zero-order valence-corrected chi connectivity index (χ0v) is 16.5. The van der Waals surface area contributed by atoms with Crippen molar-refractivity contribution in [1.29, 1.82) is 0 Å². The molecule has 1 N–H and O–H groups in total. The Morgan fingerprint density at radius 2 is 1.69 bits per heavy atom. The third kappa shape index (κ3) is 5.13. The van der Waals surface area contributed by atoms with E-state index in [1.165, 1.54) is 49.2 Å². The number of aryl methyl sites for hydroxylation is 2. The number of piperazine rings is 1. The second kappa shape index (κ2) is 9.26. The fraction of sp³-hybridized carbons (Fsp3) is 0.667. The summed E-state index contributed by atoms with van der Waals surface area (Å²) in [6, 6.07) is 6.74. The molecule has 26 heavy (non-hydrogen) atoms. The molecule has 0 bridgehead atoms. The Balaban J connectivity index is 1.35. The Hall–Kier alpha value is -1.75. The molecule has 2 fully saturated rings. The topological polar surface area (TPSA) is 38.8 Å². The highest BCUT2D eigenvalue weighted by Gasteiger charge is 2.21. The van der Waals surface area contributed by atoms with E-state index in [4.69, 9.17) is 0 Å².